The van der Waals surface area contributed by atoms with Crippen molar-refractivity contribution >= 4 is 55.6 Å². The van der Waals surface area contributed by atoms with Crippen LogP contribution < -0.4 is 5.56 Å². The molecule has 1 aromatic carbocycles. The molecular weight excluding hydrogens is 635 g/mol. The highest BCUT2D eigenvalue weighted by Crippen LogP contribution is 2.53. The molecule has 2 aliphatic heterocycles. The van der Waals surface area contributed by atoms with Crippen molar-refractivity contribution < 1.29 is 13.9 Å². The number of thioether (sulfide) groups is 1. The first kappa shape index (κ1) is 29.6. The van der Waals surface area contributed by atoms with Crippen molar-refractivity contribution in [3.63, 3.8) is 0 Å². The van der Waals surface area contributed by atoms with E-state index in [1.807, 2.05) is 44.9 Å². The van der Waals surface area contributed by atoms with E-state index >= 15 is 4.39 Å². The van der Waals surface area contributed by atoms with Crippen LogP contribution in [0.5, 0.6) is 0 Å². The normalized spacial score (nSPS) is 20.3. The Morgan fingerprint density at radius 3 is 2.77 bits per heavy atom. The van der Waals surface area contributed by atoms with Gasteiger partial charge >= 0.3 is 6.09 Å². The number of nitrogens with zero attached hydrogens (tertiary/aromatic N) is 6. The van der Waals surface area contributed by atoms with E-state index in [2.05, 4.69) is 37.6 Å². The van der Waals surface area contributed by atoms with Crippen LogP contribution in [0.15, 0.2) is 45.0 Å². The molecule has 4 atom stereocenters. The molecule has 5 heterocycles. The van der Waals surface area contributed by atoms with Crippen LogP contribution in [0.3, 0.4) is 0 Å². The van der Waals surface area contributed by atoms with Crippen LogP contribution in [0.25, 0.3) is 21.8 Å². The van der Waals surface area contributed by atoms with Gasteiger partial charge in [0.2, 0.25) is 0 Å². The zero-order valence-electron chi connectivity index (χ0n) is 24.6. The summed E-state index contributed by atoms with van der Waals surface area (Å²) in [6.07, 6.45) is 7.57. The van der Waals surface area contributed by atoms with E-state index in [-0.39, 0.29) is 47.6 Å². The number of aromatic nitrogens is 4. The highest BCUT2D eigenvalue weighted by Gasteiger charge is 2.56. The maximum atomic E-state index is 16.0. The number of hydrogen-bond donors (Lipinski definition) is 0. The third-order valence-electron chi connectivity index (χ3n) is 8.50. The number of benzene rings is 1. The second-order valence-electron chi connectivity index (χ2n) is 12.2. The Kier molecular flexibility index (Phi) is 7.53. The number of ether oxygens (including phenoxy) is 1. The van der Waals surface area contributed by atoms with Crippen molar-refractivity contribution in [1.82, 2.24) is 24.0 Å². The number of carbonyl (C=O) groups is 1. The van der Waals surface area contributed by atoms with E-state index in [9.17, 15) is 14.9 Å². The lowest BCUT2D eigenvalue weighted by atomic mass is 9.79. The number of nitriles is 1. The number of carbonyl (C=O) groups excluding carboxylic acids is 1. The fraction of sp³-hybridized carbons (Fsp3) is 0.452. The third-order valence-corrected chi connectivity index (χ3v) is 10.1. The molecule has 1 saturated carbocycles. The van der Waals surface area contributed by atoms with Gasteiger partial charge in [0.1, 0.15) is 16.1 Å². The fourth-order valence-corrected chi connectivity index (χ4v) is 7.66. The van der Waals surface area contributed by atoms with Gasteiger partial charge in [0.15, 0.2) is 5.82 Å². The Labute approximate surface area is 261 Å². The van der Waals surface area contributed by atoms with E-state index in [0.29, 0.717) is 33.4 Å². The Morgan fingerprint density at radius 1 is 1.33 bits per heavy atom. The molecule has 2 saturated heterocycles. The molecule has 224 valence electrons. The minimum Gasteiger partial charge on any atom is -0.444 e. The van der Waals surface area contributed by atoms with Gasteiger partial charge in [-0.15, -0.1) is 11.8 Å². The molecule has 0 N–H and O–H groups in total. The van der Waals surface area contributed by atoms with Gasteiger partial charge in [0.25, 0.3) is 5.56 Å². The number of amides is 1. The summed E-state index contributed by atoms with van der Waals surface area (Å²) in [5.74, 6) is -0.310. The van der Waals surface area contributed by atoms with Gasteiger partial charge in [-0.1, -0.05) is 0 Å². The smallest absolute Gasteiger partial charge is 0.410 e. The third kappa shape index (κ3) is 4.90. The SMILES string of the molecule is CSc1nc2c(F)c(Br)c(CCC#N)cc2c2c1cc([C@@H](C)n1ccncc1=O)n2[C@H]1[C@@H]2C[C@H]1N(C(=O)OC(C)(C)C)C2. The maximum absolute atomic E-state index is 16.0. The maximum Gasteiger partial charge on any atom is 0.410 e. The minimum absolute atomic E-state index is 0.102. The topological polar surface area (TPSA) is 106 Å². The quantitative estimate of drug-likeness (QED) is 0.213. The summed E-state index contributed by atoms with van der Waals surface area (Å²) in [4.78, 5) is 36.7. The molecular formula is C31H32BrFN6O3S. The van der Waals surface area contributed by atoms with E-state index in [4.69, 9.17) is 9.72 Å². The van der Waals surface area contributed by atoms with Crippen molar-refractivity contribution in [2.45, 2.75) is 75.7 Å². The second kappa shape index (κ2) is 10.9. The Hall–Kier alpha value is -3.43. The zero-order valence-corrected chi connectivity index (χ0v) is 27.0. The van der Waals surface area contributed by atoms with Crippen molar-refractivity contribution in [1.29, 1.82) is 5.26 Å². The summed E-state index contributed by atoms with van der Waals surface area (Å²) in [6, 6.07) is 5.52. The summed E-state index contributed by atoms with van der Waals surface area (Å²) in [5, 5.41) is 11.4. The molecule has 43 heavy (non-hydrogen) atoms. The number of halogens is 2. The van der Waals surface area contributed by atoms with Crippen LogP contribution in [-0.2, 0) is 11.2 Å². The van der Waals surface area contributed by atoms with Gasteiger partial charge in [-0.3, -0.25) is 9.78 Å². The minimum atomic E-state index is -0.623. The first-order valence-corrected chi connectivity index (χ1v) is 16.2. The molecule has 0 spiro atoms. The Morgan fingerprint density at radius 2 is 2.09 bits per heavy atom. The molecule has 1 aliphatic carbocycles. The second-order valence-corrected chi connectivity index (χ2v) is 13.8. The molecule has 12 heteroatoms. The number of pyridine rings is 1. The average Bonchev–Trinajstić information content (AvgIpc) is 3.66. The van der Waals surface area contributed by atoms with Crippen LogP contribution in [0, 0.1) is 23.1 Å². The van der Waals surface area contributed by atoms with E-state index in [0.717, 1.165) is 23.0 Å². The molecule has 4 aromatic rings. The van der Waals surface area contributed by atoms with E-state index in [1.54, 1.807) is 17.0 Å². The lowest BCUT2D eigenvalue weighted by Crippen LogP contribution is -2.44. The van der Waals surface area contributed by atoms with Gasteiger partial charge in [0, 0.05) is 47.7 Å². The lowest BCUT2D eigenvalue weighted by Gasteiger charge is -2.40. The highest BCUT2D eigenvalue weighted by molar-refractivity contribution is 9.10. The van der Waals surface area contributed by atoms with Crippen molar-refractivity contribution in [3.8, 4) is 6.07 Å². The van der Waals surface area contributed by atoms with Gasteiger partial charge in [0.05, 0.1) is 40.4 Å². The molecule has 9 nitrogen and oxygen atoms in total. The molecule has 7 rings (SSSR count). The molecule has 0 unspecified atom stereocenters. The summed E-state index contributed by atoms with van der Waals surface area (Å²) in [6.45, 7) is 8.08. The zero-order chi connectivity index (χ0) is 30.8. The van der Waals surface area contributed by atoms with Crippen LogP contribution in [0.2, 0.25) is 0 Å². The van der Waals surface area contributed by atoms with Gasteiger partial charge in [-0.25, -0.2) is 14.2 Å². The van der Waals surface area contributed by atoms with Gasteiger partial charge in [-0.05, 0) is 80.4 Å². The summed E-state index contributed by atoms with van der Waals surface area (Å²) in [5.41, 5.74) is 1.74. The van der Waals surface area contributed by atoms with Crippen molar-refractivity contribution in [2.24, 2.45) is 5.92 Å². The molecule has 3 fully saturated rings. The Balaban J connectivity index is 1.63. The Bertz CT molecular complexity index is 1880. The number of aryl methyl sites for hydroxylation is 1. The van der Waals surface area contributed by atoms with Gasteiger partial charge in [-0.2, -0.15) is 5.26 Å². The van der Waals surface area contributed by atoms with E-state index in [1.165, 1.54) is 18.0 Å². The molecule has 3 aromatic heterocycles. The molecule has 1 amide bonds. The predicted octanol–water partition coefficient (Wildman–Crippen LogP) is 6.62. The molecule has 2 bridgehead atoms. The monoisotopic (exact) mass is 666 g/mol. The molecule has 0 radical (unpaired) electrons. The van der Waals surface area contributed by atoms with Crippen LogP contribution in [0.1, 0.15) is 63.9 Å². The van der Waals surface area contributed by atoms with E-state index < -0.39 is 11.4 Å². The lowest BCUT2D eigenvalue weighted by molar-refractivity contribution is 0.0209. The largest absolute Gasteiger partial charge is 0.444 e. The van der Waals surface area contributed by atoms with Gasteiger partial charge < -0.3 is 18.8 Å². The number of fused-ring (bicyclic) bond motifs is 4. The van der Waals surface area contributed by atoms with Crippen LogP contribution >= 0.6 is 27.7 Å². The summed E-state index contributed by atoms with van der Waals surface area (Å²) < 4.78 is 25.9. The number of hydrogen-bond acceptors (Lipinski definition) is 7. The first-order chi connectivity index (χ1) is 20.4. The van der Waals surface area contributed by atoms with Crippen LogP contribution in [0.4, 0.5) is 9.18 Å². The molecule has 3 aliphatic rings. The standard InChI is InChI=1S/C31H32BrFN6O3S/c1-16(37-10-9-35-14-23(37)40)21-13-20-28(39(21)27-18-12-22(27)38(15-18)30(41)42-31(2,3)4)19-11-17(7-6-8-34)24(32)25(33)26(19)36-29(20)43-5/h9-11,13-14,16,18,22,27H,6-7,12,15H2,1-5H3/t16-,18-,22-,27+/m1/s1. The van der Waals surface area contributed by atoms with Crippen molar-refractivity contribution in [2.75, 3.05) is 12.8 Å². The number of rotatable bonds is 6. The predicted molar refractivity (Wildman–Crippen MR) is 167 cm³/mol. The van der Waals surface area contributed by atoms with Crippen molar-refractivity contribution in [3.05, 3.63) is 62.6 Å². The summed E-state index contributed by atoms with van der Waals surface area (Å²) in [7, 11) is 0. The fourth-order valence-electron chi connectivity index (χ4n) is 6.60. The summed E-state index contributed by atoms with van der Waals surface area (Å²) >= 11 is 4.85. The van der Waals surface area contributed by atoms with Crippen LogP contribution in [-0.4, -0.2) is 54.5 Å². The highest BCUT2D eigenvalue weighted by atomic mass is 79.9. The first-order valence-electron chi connectivity index (χ1n) is 14.2. The average molecular weight is 668 g/mol.